The number of rotatable bonds is 6. The number of benzene rings is 1. The summed E-state index contributed by atoms with van der Waals surface area (Å²) in [5.74, 6) is 0.211. The van der Waals surface area contributed by atoms with Gasteiger partial charge >= 0.3 is 5.97 Å². The summed E-state index contributed by atoms with van der Waals surface area (Å²) in [6.07, 6.45) is 0.262. The van der Waals surface area contributed by atoms with Gasteiger partial charge < -0.3 is 20.3 Å². The standard InChI is InChI=1S/C12H17NO4/c1-3-17-10-5-4-8(7-11(10)16-2)6-9(13)12(14)15/h4-5,7,9H,3,6,13H2,1-2H3,(H,14,15). The van der Waals surface area contributed by atoms with Crippen LogP contribution in [0.25, 0.3) is 0 Å². The second-order valence-corrected chi connectivity index (χ2v) is 3.57. The number of hydrogen-bond donors (Lipinski definition) is 2. The average Bonchev–Trinajstić information content (AvgIpc) is 2.31. The molecule has 0 saturated heterocycles. The molecule has 94 valence electrons. The van der Waals surface area contributed by atoms with Crippen LogP contribution < -0.4 is 15.2 Å². The van der Waals surface area contributed by atoms with Crippen LogP contribution in [0, 0.1) is 0 Å². The van der Waals surface area contributed by atoms with Gasteiger partial charge in [-0.25, -0.2) is 0 Å². The van der Waals surface area contributed by atoms with Gasteiger partial charge in [-0.1, -0.05) is 6.07 Å². The maximum Gasteiger partial charge on any atom is 0.320 e. The van der Waals surface area contributed by atoms with E-state index in [-0.39, 0.29) is 6.42 Å². The highest BCUT2D eigenvalue weighted by Crippen LogP contribution is 2.28. The van der Waals surface area contributed by atoms with Gasteiger partial charge in [-0.3, -0.25) is 4.79 Å². The molecular formula is C12H17NO4. The van der Waals surface area contributed by atoms with Gasteiger partial charge in [0.25, 0.3) is 0 Å². The molecule has 0 bridgehead atoms. The molecule has 0 radical (unpaired) electrons. The van der Waals surface area contributed by atoms with Gasteiger partial charge in [0.2, 0.25) is 0 Å². The molecule has 17 heavy (non-hydrogen) atoms. The molecule has 0 fully saturated rings. The van der Waals surface area contributed by atoms with Crippen molar-refractivity contribution in [1.29, 1.82) is 0 Å². The van der Waals surface area contributed by atoms with Gasteiger partial charge in [0, 0.05) is 0 Å². The lowest BCUT2D eigenvalue weighted by atomic mass is 10.1. The molecule has 1 aromatic rings. The Labute approximate surface area is 100 Å². The molecule has 0 aliphatic rings. The maximum absolute atomic E-state index is 10.6. The highest BCUT2D eigenvalue weighted by atomic mass is 16.5. The fourth-order valence-electron chi connectivity index (χ4n) is 1.45. The third-order valence-corrected chi connectivity index (χ3v) is 2.30. The summed E-state index contributed by atoms with van der Waals surface area (Å²) in [5, 5.41) is 8.73. The molecule has 0 saturated carbocycles. The zero-order valence-electron chi connectivity index (χ0n) is 9.97. The lowest BCUT2D eigenvalue weighted by Gasteiger charge is -2.12. The molecule has 3 N–H and O–H groups in total. The Morgan fingerprint density at radius 1 is 1.47 bits per heavy atom. The third kappa shape index (κ3) is 3.64. The summed E-state index contributed by atoms with van der Waals surface area (Å²) in [6.45, 7) is 2.43. The fourth-order valence-corrected chi connectivity index (χ4v) is 1.45. The van der Waals surface area contributed by atoms with Crippen molar-refractivity contribution in [2.24, 2.45) is 5.73 Å². The molecule has 0 aromatic heterocycles. The van der Waals surface area contributed by atoms with E-state index in [0.29, 0.717) is 18.1 Å². The van der Waals surface area contributed by atoms with E-state index in [9.17, 15) is 4.79 Å². The Morgan fingerprint density at radius 2 is 2.18 bits per heavy atom. The minimum Gasteiger partial charge on any atom is -0.493 e. The molecule has 5 heteroatoms. The molecule has 0 aliphatic carbocycles. The normalized spacial score (nSPS) is 11.9. The van der Waals surface area contributed by atoms with Crippen LogP contribution in [0.2, 0.25) is 0 Å². The monoisotopic (exact) mass is 239 g/mol. The minimum absolute atomic E-state index is 0.262. The van der Waals surface area contributed by atoms with E-state index < -0.39 is 12.0 Å². The van der Waals surface area contributed by atoms with Crippen molar-refractivity contribution < 1.29 is 19.4 Å². The van der Waals surface area contributed by atoms with E-state index in [2.05, 4.69) is 0 Å². The Balaban J connectivity index is 2.85. The van der Waals surface area contributed by atoms with Gasteiger partial charge in [-0.2, -0.15) is 0 Å². The first-order chi connectivity index (χ1) is 8.08. The minimum atomic E-state index is -1.02. The Bertz CT molecular complexity index is 392. The third-order valence-electron chi connectivity index (χ3n) is 2.30. The molecule has 1 unspecified atom stereocenters. The number of hydrogen-bond acceptors (Lipinski definition) is 4. The van der Waals surface area contributed by atoms with Gasteiger partial charge in [0.05, 0.1) is 13.7 Å². The maximum atomic E-state index is 10.6. The van der Waals surface area contributed by atoms with Crippen LogP contribution in [0.4, 0.5) is 0 Å². The summed E-state index contributed by atoms with van der Waals surface area (Å²) >= 11 is 0. The molecule has 5 nitrogen and oxygen atoms in total. The number of carbonyl (C=O) groups is 1. The van der Waals surface area contributed by atoms with Crippen LogP contribution >= 0.6 is 0 Å². The van der Waals surface area contributed by atoms with Crippen molar-refractivity contribution >= 4 is 5.97 Å². The number of ether oxygens (including phenoxy) is 2. The second kappa shape index (κ2) is 6.10. The van der Waals surface area contributed by atoms with Crippen molar-refractivity contribution in [3.8, 4) is 11.5 Å². The van der Waals surface area contributed by atoms with Gasteiger partial charge in [0.1, 0.15) is 6.04 Å². The Kier molecular flexibility index (Phi) is 4.78. The number of aliphatic carboxylic acids is 1. The van der Waals surface area contributed by atoms with E-state index in [4.69, 9.17) is 20.3 Å². The van der Waals surface area contributed by atoms with E-state index in [1.807, 2.05) is 6.92 Å². The lowest BCUT2D eigenvalue weighted by Crippen LogP contribution is -2.32. The summed E-state index contributed by atoms with van der Waals surface area (Å²) in [4.78, 5) is 10.6. The molecular weight excluding hydrogens is 222 g/mol. The van der Waals surface area contributed by atoms with Crippen molar-refractivity contribution in [2.75, 3.05) is 13.7 Å². The summed E-state index contributed by atoms with van der Waals surface area (Å²) in [6, 6.07) is 4.38. The summed E-state index contributed by atoms with van der Waals surface area (Å²) in [5.41, 5.74) is 6.27. The van der Waals surface area contributed by atoms with Gasteiger partial charge in [-0.05, 0) is 31.0 Å². The van der Waals surface area contributed by atoms with E-state index >= 15 is 0 Å². The Hall–Kier alpha value is -1.75. The van der Waals surface area contributed by atoms with E-state index in [1.54, 1.807) is 25.3 Å². The van der Waals surface area contributed by atoms with Crippen LogP contribution in [0.5, 0.6) is 11.5 Å². The predicted molar refractivity (Wildman–Crippen MR) is 63.5 cm³/mol. The zero-order valence-corrected chi connectivity index (χ0v) is 9.97. The molecule has 1 aromatic carbocycles. The van der Waals surface area contributed by atoms with E-state index in [0.717, 1.165) is 5.56 Å². The van der Waals surface area contributed by atoms with Gasteiger partial charge in [-0.15, -0.1) is 0 Å². The van der Waals surface area contributed by atoms with Gasteiger partial charge in [0.15, 0.2) is 11.5 Å². The number of carboxylic acid groups (broad SMARTS) is 1. The highest BCUT2D eigenvalue weighted by molar-refractivity contribution is 5.73. The first-order valence-electron chi connectivity index (χ1n) is 5.36. The first-order valence-corrected chi connectivity index (χ1v) is 5.36. The zero-order chi connectivity index (χ0) is 12.8. The van der Waals surface area contributed by atoms with Crippen LogP contribution in [0.15, 0.2) is 18.2 Å². The predicted octanol–water partition coefficient (Wildman–Crippen LogP) is 1.05. The quantitative estimate of drug-likeness (QED) is 0.775. The molecule has 0 heterocycles. The average molecular weight is 239 g/mol. The molecule has 1 rings (SSSR count). The molecule has 0 aliphatic heterocycles. The smallest absolute Gasteiger partial charge is 0.320 e. The van der Waals surface area contributed by atoms with Crippen LogP contribution in [-0.2, 0) is 11.2 Å². The summed E-state index contributed by atoms with van der Waals surface area (Å²) in [7, 11) is 1.54. The number of methoxy groups -OCH3 is 1. The summed E-state index contributed by atoms with van der Waals surface area (Å²) < 4.78 is 10.5. The van der Waals surface area contributed by atoms with Crippen molar-refractivity contribution in [2.45, 2.75) is 19.4 Å². The van der Waals surface area contributed by atoms with Crippen LogP contribution in [0.3, 0.4) is 0 Å². The molecule has 0 spiro atoms. The molecule has 1 atom stereocenters. The van der Waals surface area contributed by atoms with Crippen molar-refractivity contribution in [3.63, 3.8) is 0 Å². The SMILES string of the molecule is CCOc1ccc(CC(N)C(=O)O)cc1OC. The highest BCUT2D eigenvalue weighted by Gasteiger charge is 2.13. The number of nitrogens with two attached hydrogens (primary N) is 1. The lowest BCUT2D eigenvalue weighted by molar-refractivity contribution is -0.138. The first kappa shape index (κ1) is 13.3. The number of carboxylic acids is 1. The fraction of sp³-hybridized carbons (Fsp3) is 0.417. The second-order valence-electron chi connectivity index (χ2n) is 3.57. The van der Waals surface area contributed by atoms with Crippen LogP contribution in [-0.4, -0.2) is 30.8 Å². The van der Waals surface area contributed by atoms with Crippen molar-refractivity contribution in [3.05, 3.63) is 23.8 Å². The molecule has 0 amide bonds. The van der Waals surface area contributed by atoms with E-state index in [1.165, 1.54) is 0 Å². The Morgan fingerprint density at radius 3 is 2.71 bits per heavy atom. The van der Waals surface area contributed by atoms with Crippen LogP contribution in [0.1, 0.15) is 12.5 Å². The van der Waals surface area contributed by atoms with Crippen molar-refractivity contribution in [1.82, 2.24) is 0 Å². The topological polar surface area (TPSA) is 81.8 Å². The largest absolute Gasteiger partial charge is 0.493 e.